The van der Waals surface area contributed by atoms with Crippen molar-refractivity contribution in [2.24, 2.45) is 0 Å². The van der Waals surface area contributed by atoms with Crippen LogP contribution in [0.2, 0.25) is 0 Å². The normalized spacial score (nSPS) is 14.1. The van der Waals surface area contributed by atoms with E-state index in [4.69, 9.17) is 9.47 Å². The lowest BCUT2D eigenvalue weighted by Crippen LogP contribution is -2.26. The SMILES string of the molecule is COc1cc2c(cc1Br)-c1cc(Br)c(OC)cc1C21c2ccccc2-c2ccccc21. The first-order chi connectivity index (χ1) is 15.1. The van der Waals surface area contributed by atoms with E-state index in [2.05, 4.69) is 105 Å². The fourth-order valence-corrected chi connectivity index (χ4v) is 6.46. The molecule has 31 heavy (non-hydrogen) atoms. The second-order valence-electron chi connectivity index (χ2n) is 7.91. The molecule has 2 nitrogen and oxygen atoms in total. The molecule has 0 saturated heterocycles. The maximum atomic E-state index is 5.74. The highest BCUT2D eigenvalue weighted by Gasteiger charge is 2.52. The average Bonchev–Trinajstić information content (AvgIpc) is 3.24. The van der Waals surface area contributed by atoms with Crippen LogP contribution in [0.3, 0.4) is 0 Å². The number of benzene rings is 4. The fourth-order valence-electron chi connectivity index (χ4n) is 5.45. The summed E-state index contributed by atoms with van der Waals surface area (Å²) in [5, 5.41) is 0. The molecule has 0 saturated carbocycles. The van der Waals surface area contributed by atoms with E-state index in [1.807, 2.05) is 0 Å². The lowest BCUT2D eigenvalue weighted by atomic mass is 9.70. The molecule has 0 bridgehead atoms. The van der Waals surface area contributed by atoms with Crippen molar-refractivity contribution >= 4 is 31.9 Å². The summed E-state index contributed by atoms with van der Waals surface area (Å²) in [5.41, 5.74) is 9.62. The van der Waals surface area contributed by atoms with E-state index < -0.39 is 5.41 Å². The number of rotatable bonds is 2. The first-order valence-corrected chi connectivity index (χ1v) is 11.7. The van der Waals surface area contributed by atoms with Crippen LogP contribution in [0.25, 0.3) is 22.3 Å². The number of halogens is 2. The van der Waals surface area contributed by atoms with Gasteiger partial charge in [0.1, 0.15) is 11.5 Å². The predicted molar refractivity (Wildman–Crippen MR) is 131 cm³/mol. The van der Waals surface area contributed by atoms with Gasteiger partial charge in [0.15, 0.2) is 0 Å². The minimum Gasteiger partial charge on any atom is -0.496 e. The van der Waals surface area contributed by atoms with Gasteiger partial charge < -0.3 is 9.47 Å². The van der Waals surface area contributed by atoms with Crippen LogP contribution in [0.15, 0.2) is 81.7 Å². The fraction of sp³-hybridized carbons (Fsp3) is 0.111. The molecule has 6 rings (SSSR count). The number of methoxy groups -OCH3 is 2. The zero-order valence-corrected chi connectivity index (χ0v) is 20.2. The van der Waals surface area contributed by atoms with Crippen LogP contribution in [-0.2, 0) is 5.41 Å². The molecule has 0 heterocycles. The Labute approximate surface area is 198 Å². The van der Waals surface area contributed by atoms with Gasteiger partial charge >= 0.3 is 0 Å². The summed E-state index contributed by atoms with van der Waals surface area (Å²) in [6.07, 6.45) is 0. The molecule has 152 valence electrons. The molecule has 0 fully saturated rings. The molecule has 0 radical (unpaired) electrons. The molecule has 0 atom stereocenters. The van der Waals surface area contributed by atoms with Gasteiger partial charge in [0.2, 0.25) is 0 Å². The van der Waals surface area contributed by atoms with Crippen molar-refractivity contribution in [2.45, 2.75) is 5.41 Å². The Morgan fingerprint density at radius 1 is 0.548 bits per heavy atom. The summed E-state index contributed by atoms with van der Waals surface area (Å²) >= 11 is 7.42. The maximum absolute atomic E-state index is 5.74. The minimum absolute atomic E-state index is 0.417. The molecule has 4 aromatic rings. The minimum atomic E-state index is -0.417. The van der Waals surface area contributed by atoms with Gasteiger partial charge in [-0.3, -0.25) is 0 Å². The Morgan fingerprint density at radius 3 is 1.39 bits per heavy atom. The van der Waals surface area contributed by atoms with Crippen molar-refractivity contribution < 1.29 is 9.47 Å². The molecule has 0 N–H and O–H groups in total. The van der Waals surface area contributed by atoms with Gasteiger partial charge in [0.25, 0.3) is 0 Å². The second-order valence-corrected chi connectivity index (χ2v) is 9.61. The average molecular weight is 534 g/mol. The third kappa shape index (κ3) is 2.32. The monoisotopic (exact) mass is 532 g/mol. The van der Waals surface area contributed by atoms with E-state index in [1.165, 1.54) is 44.5 Å². The first-order valence-electron chi connectivity index (χ1n) is 10.1. The van der Waals surface area contributed by atoms with Crippen LogP contribution in [0.4, 0.5) is 0 Å². The van der Waals surface area contributed by atoms with Crippen molar-refractivity contribution in [2.75, 3.05) is 14.2 Å². The molecule has 4 heteroatoms. The highest BCUT2D eigenvalue weighted by Crippen LogP contribution is 2.64. The van der Waals surface area contributed by atoms with Gasteiger partial charge in [-0.1, -0.05) is 48.5 Å². The molecular formula is C27H18Br2O2. The molecule has 0 unspecified atom stereocenters. The summed E-state index contributed by atoms with van der Waals surface area (Å²) in [6, 6.07) is 26.2. The van der Waals surface area contributed by atoms with E-state index in [0.717, 1.165) is 20.4 Å². The van der Waals surface area contributed by atoms with Gasteiger partial charge in [-0.05, 0) is 101 Å². The molecule has 2 aliphatic carbocycles. The second kappa shape index (κ2) is 6.72. The van der Waals surface area contributed by atoms with Gasteiger partial charge in [-0.15, -0.1) is 0 Å². The summed E-state index contributed by atoms with van der Waals surface area (Å²) in [6.45, 7) is 0. The van der Waals surface area contributed by atoms with E-state index in [1.54, 1.807) is 14.2 Å². The largest absolute Gasteiger partial charge is 0.496 e. The number of hydrogen-bond donors (Lipinski definition) is 0. The van der Waals surface area contributed by atoms with Crippen molar-refractivity contribution in [3.8, 4) is 33.8 Å². The van der Waals surface area contributed by atoms with E-state index in [9.17, 15) is 0 Å². The molecule has 0 aliphatic heterocycles. The Kier molecular flexibility index (Phi) is 4.15. The highest BCUT2D eigenvalue weighted by atomic mass is 79.9. The van der Waals surface area contributed by atoms with E-state index in [-0.39, 0.29) is 0 Å². The third-order valence-electron chi connectivity index (χ3n) is 6.63. The number of fused-ring (bicyclic) bond motifs is 10. The van der Waals surface area contributed by atoms with Crippen molar-refractivity contribution in [3.05, 3.63) is 104 Å². The maximum Gasteiger partial charge on any atom is 0.133 e. The van der Waals surface area contributed by atoms with E-state index in [0.29, 0.717) is 0 Å². The Morgan fingerprint density at radius 2 is 0.968 bits per heavy atom. The van der Waals surface area contributed by atoms with Gasteiger partial charge in [0.05, 0.1) is 28.6 Å². The van der Waals surface area contributed by atoms with Gasteiger partial charge in [-0.25, -0.2) is 0 Å². The van der Waals surface area contributed by atoms with Crippen LogP contribution in [0.1, 0.15) is 22.3 Å². The van der Waals surface area contributed by atoms with Gasteiger partial charge in [0, 0.05) is 0 Å². The van der Waals surface area contributed by atoms with Crippen LogP contribution < -0.4 is 9.47 Å². The lowest BCUT2D eigenvalue weighted by molar-refractivity contribution is 0.410. The van der Waals surface area contributed by atoms with Crippen molar-refractivity contribution in [1.29, 1.82) is 0 Å². The topological polar surface area (TPSA) is 18.5 Å². The summed E-state index contributed by atoms with van der Waals surface area (Å²) in [7, 11) is 3.44. The smallest absolute Gasteiger partial charge is 0.133 e. The first kappa shape index (κ1) is 19.1. The molecular weight excluding hydrogens is 516 g/mol. The lowest BCUT2D eigenvalue weighted by Gasteiger charge is -2.31. The number of ether oxygens (including phenoxy) is 2. The zero-order chi connectivity index (χ0) is 21.3. The summed E-state index contributed by atoms with van der Waals surface area (Å²) < 4.78 is 13.4. The molecule has 0 amide bonds. The Bertz CT molecular complexity index is 1280. The number of hydrogen-bond acceptors (Lipinski definition) is 2. The Balaban J connectivity index is 1.85. The molecule has 1 spiro atoms. The zero-order valence-electron chi connectivity index (χ0n) is 17.0. The van der Waals surface area contributed by atoms with Crippen molar-refractivity contribution in [1.82, 2.24) is 0 Å². The van der Waals surface area contributed by atoms with Crippen LogP contribution in [-0.4, -0.2) is 14.2 Å². The standard InChI is InChI=1S/C27H18Br2O2/c1-30-25-13-21-17(11-23(25)28)18-12-24(29)26(31-2)14-22(18)27(21)19-9-5-3-7-15(19)16-8-4-6-10-20(16)27/h3-14H,1-2H3. The van der Waals surface area contributed by atoms with Gasteiger partial charge in [-0.2, -0.15) is 0 Å². The molecule has 4 aromatic carbocycles. The van der Waals surface area contributed by atoms with E-state index >= 15 is 0 Å². The quantitative estimate of drug-likeness (QED) is 0.228. The predicted octanol–water partition coefficient (Wildman–Crippen LogP) is 7.57. The van der Waals surface area contributed by atoms with Crippen molar-refractivity contribution in [3.63, 3.8) is 0 Å². The highest BCUT2D eigenvalue weighted by molar-refractivity contribution is 9.11. The summed E-state index contributed by atoms with van der Waals surface area (Å²) in [4.78, 5) is 0. The molecule has 0 aromatic heterocycles. The molecule has 2 aliphatic rings. The van der Waals surface area contributed by atoms with Crippen LogP contribution >= 0.6 is 31.9 Å². The van der Waals surface area contributed by atoms with Crippen LogP contribution in [0.5, 0.6) is 11.5 Å². The summed E-state index contributed by atoms with van der Waals surface area (Å²) in [5.74, 6) is 1.66. The third-order valence-corrected chi connectivity index (χ3v) is 7.87. The van der Waals surface area contributed by atoms with Crippen LogP contribution in [0, 0.1) is 0 Å². The Hall–Kier alpha value is -2.56.